The van der Waals surface area contributed by atoms with Crippen LogP contribution >= 0.6 is 23.2 Å². The summed E-state index contributed by atoms with van der Waals surface area (Å²) < 4.78 is 5.19. The standard InChI is InChI=1S/C17H17Cl2N3O3/c18-13-3-4-14(19)21-15(13)17(24)22-7-5-11(6-8-22)16(23)20-10-12-2-1-9-25-12/h1-4,9,11H,5-8,10H2,(H,20,23). The van der Waals surface area contributed by atoms with Gasteiger partial charge in [0.05, 0.1) is 17.8 Å². The van der Waals surface area contributed by atoms with Crippen molar-refractivity contribution in [3.8, 4) is 0 Å². The van der Waals surface area contributed by atoms with Crippen molar-refractivity contribution in [1.82, 2.24) is 15.2 Å². The van der Waals surface area contributed by atoms with Gasteiger partial charge in [0.1, 0.15) is 16.6 Å². The molecule has 25 heavy (non-hydrogen) atoms. The molecule has 1 fully saturated rings. The minimum absolute atomic E-state index is 0.0255. The first-order valence-corrected chi connectivity index (χ1v) is 8.71. The molecule has 1 aliphatic rings. The van der Waals surface area contributed by atoms with Crippen LogP contribution in [0.3, 0.4) is 0 Å². The van der Waals surface area contributed by atoms with Crippen molar-refractivity contribution in [1.29, 1.82) is 0 Å². The highest BCUT2D eigenvalue weighted by Gasteiger charge is 2.29. The van der Waals surface area contributed by atoms with Crippen LogP contribution in [0, 0.1) is 5.92 Å². The van der Waals surface area contributed by atoms with Crippen molar-refractivity contribution < 1.29 is 14.0 Å². The lowest BCUT2D eigenvalue weighted by Gasteiger charge is -2.31. The molecule has 0 radical (unpaired) electrons. The van der Waals surface area contributed by atoms with Crippen LogP contribution in [-0.2, 0) is 11.3 Å². The summed E-state index contributed by atoms with van der Waals surface area (Å²) in [7, 11) is 0. The van der Waals surface area contributed by atoms with Crippen molar-refractivity contribution in [2.45, 2.75) is 19.4 Å². The molecule has 3 heterocycles. The van der Waals surface area contributed by atoms with Crippen LogP contribution in [0.2, 0.25) is 10.2 Å². The van der Waals surface area contributed by atoms with E-state index in [1.165, 1.54) is 6.07 Å². The third-order valence-corrected chi connectivity index (χ3v) is 4.70. The Labute approximate surface area is 155 Å². The largest absolute Gasteiger partial charge is 0.467 e. The Morgan fingerprint density at radius 1 is 1.24 bits per heavy atom. The van der Waals surface area contributed by atoms with Gasteiger partial charge < -0.3 is 14.6 Å². The molecule has 0 saturated carbocycles. The Balaban J connectivity index is 1.53. The molecule has 0 aromatic carbocycles. The first-order valence-electron chi connectivity index (χ1n) is 7.96. The molecule has 1 saturated heterocycles. The summed E-state index contributed by atoms with van der Waals surface area (Å²) in [6, 6.07) is 6.68. The number of hydrogen-bond donors (Lipinski definition) is 1. The summed E-state index contributed by atoms with van der Waals surface area (Å²) in [6.45, 7) is 1.32. The number of piperidine rings is 1. The zero-order valence-electron chi connectivity index (χ0n) is 13.4. The number of hydrogen-bond acceptors (Lipinski definition) is 4. The van der Waals surface area contributed by atoms with Crippen LogP contribution in [0.5, 0.6) is 0 Å². The molecule has 0 bridgehead atoms. The number of halogens is 2. The van der Waals surface area contributed by atoms with E-state index in [1.807, 2.05) is 6.07 Å². The number of nitrogens with zero attached hydrogens (tertiary/aromatic N) is 2. The van der Waals surface area contributed by atoms with Gasteiger partial charge >= 0.3 is 0 Å². The number of rotatable bonds is 4. The molecule has 8 heteroatoms. The van der Waals surface area contributed by atoms with Crippen LogP contribution in [0.25, 0.3) is 0 Å². The quantitative estimate of drug-likeness (QED) is 0.825. The van der Waals surface area contributed by atoms with Gasteiger partial charge in [0.25, 0.3) is 5.91 Å². The maximum atomic E-state index is 12.5. The predicted octanol–water partition coefficient (Wildman–Crippen LogP) is 3.15. The van der Waals surface area contributed by atoms with Gasteiger partial charge in [0.2, 0.25) is 5.91 Å². The number of carbonyl (C=O) groups excluding carboxylic acids is 2. The average molecular weight is 382 g/mol. The molecule has 3 rings (SSSR count). The minimum atomic E-state index is -0.262. The normalized spacial score (nSPS) is 15.2. The third kappa shape index (κ3) is 4.32. The lowest BCUT2D eigenvalue weighted by molar-refractivity contribution is -0.126. The minimum Gasteiger partial charge on any atom is -0.467 e. The summed E-state index contributed by atoms with van der Waals surface area (Å²) in [5.41, 5.74) is 0.148. The zero-order valence-corrected chi connectivity index (χ0v) is 14.9. The van der Waals surface area contributed by atoms with Crippen molar-refractivity contribution >= 4 is 35.0 Å². The Hall–Kier alpha value is -2.05. The summed E-state index contributed by atoms with van der Waals surface area (Å²) in [5, 5.41) is 3.35. The fraction of sp³-hybridized carbons (Fsp3) is 0.353. The van der Waals surface area contributed by atoms with Gasteiger partial charge in [-0.25, -0.2) is 4.98 Å². The molecular formula is C17H17Cl2N3O3. The van der Waals surface area contributed by atoms with Gasteiger partial charge in [-0.3, -0.25) is 9.59 Å². The molecule has 1 aliphatic heterocycles. The molecular weight excluding hydrogens is 365 g/mol. The lowest BCUT2D eigenvalue weighted by Crippen LogP contribution is -2.43. The van der Waals surface area contributed by atoms with E-state index in [9.17, 15) is 9.59 Å². The van der Waals surface area contributed by atoms with Crippen LogP contribution in [0.1, 0.15) is 29.1 Å². The fourth-order valence-electron chi connectivity index (χ4n) is 2.79. The van der Waals surface area contributed by atoms with E-state index < -0.39 is 0 Å². The van der Waals surface area contributed by atoms with Crippen molar-refractivity contribution in [3.63, 3.8) is 0 Å². The highest BCUT2D eigenvalue weighted by molar-refractivity contribution is 6.34. The van der Waals surface area contributed by atoms with Crippen molar-refractivity contribution in [2.24, 2.45) is 5.92 Å². The second-order valence-electron chi connectivity index (χ2n) is 5.83. The smallest absolute Gasteiger partial charge is 0.274 e. The first kappa shape index (κ1) is 17.8. The Morgan fingerprint density at radius 3 is 2.68 bits per heavy atom. The number of carbonyl (C=O) groups is 2. The SMILES string of the molecule is O=C(NCc1ccco1)C1CCN(C(=O)c2nc(Cl)ccc2Cl)CC1. The molecule has 2 aromatic heterocycles. The third-order valence-electron chi connectivity index (χ3n) is 4.18. The van der Waals surface area contributed by atoms with Gasteiger partial charge in [0, 0.05) is 19.0 Å². The number of furan rings is 1. The number of amides is 2. The Morgan fingerprint density at radius 2 is 2.00 bits per heavy atom. The fourth-order valence-corrected chi connectivity index (χ4v) is 3.13. The maximum Gasteiger partial charge on any atom is 0.274 e. The second-order valence-corrected chi connectivity index (χ2v) is 6.62. The Kier molecular flexibility index (Phi) is 5.60. The highest BCUT2D eigenvalue weighted by Crippen LogP contribution is 2.23. The predicted molar refractivity (Wildman–Crippen MR) is 93.4 cm³/mol. The van der Waals surface area contributed by atoms with E-state index in [4.69, 9.17) is 27.6 Å². The van der Waals surface area contributed by atoms with Crippen LogP contribution in [0.15, 0.2) is 34.9 Å². The topological polar surface area (TPSA) is 75.4 Å². The van der Waals surface area contributed by atoms with Crippen LogP contribution < -0.4 is 5.32 Å². The number of aromatic nitrogens is 1. The van der Waals surface area contributed by atoms with E-state index >= 15 is 0 Å². The van der Waals surface area contributed by atoms with Gasteiger partial charge in [-0.1, -0.05) is 23.2 Å². The molecule has 1 N–H and O–H groups in total. The van der Waals surface area contributed by atoms with Crippen LogP contribution in [-0.4, -0.2) is 34.8 Å². The van der Waals surface area contributed by atoms with Gasteiger partial charge in [-0.2, -0.15) is 0 Å². The monoisotopic (exact) mass is 381 g/mol. The molecule has 132 valence electrons. The van der Waals surface area contributed by atoms with Crippen molar-refractivity contribution in [2.75, 3.05) is 13.1 Å². The van der Waals surface area contributed by atoms with E-state index in [0.29, 0.717) is 38.2 Å². The molecule has 0 unspecified atom stereocenters. The Bertz CT molecular complexity index is 757. The van der Waals surface area contributed by atoms with Gasteiger partial charge in [-0.05, 0) is 37.1 Å². The molecule has 2 aromatic rings. The van der Waals surface area contributed by atoms with E-state index in [2.05, 4.69) is 10.3 Å². The number of nitrogens with one attached hydrogen (secondary N) is 1. The molecule has 6 nitrogen and oxygen atoms in total. The summed E-state index contributed by atoms with van der Waals surface area (Å²) in [5.74, 6) is 0.300. The average Bonchev–Trinajstić information content (AvgIpc) is 3.15. The second kappa shape index (κ2) is 7.89. The summed E-state index contributed by atoms with van der Waals surface area (Å²) in [6.07, 6.45) is 2.75. The zero-order chi connectivity index (χ0) is 17.8. The molecule has 0 atom stereocenters. The van der Waals surface area contributed by atoms with E-state index in [-0.39, 0.29) is 33.6 Å². The molecule has 0 spiro atoms. The van der Waals surface area contributed by atoms with Gasteiger partial charge in [0.15, 0.2) is 0 Å². The van der Waals surface area contributed by atoms with Gasteiger partial charge in [-0.15, -0.1) is 0 Å². The first-order chi connectivity index (χ1) is 12.0. The maximum absolute atomic E-state index is 12.5. The van der Waals surface area contributed by atoms with E-state index in [0.717, 1.165) is 0 Å². The number of pyridine rings is 1. The van der Waals surface area contributed by atoms with Crippen molar-refractivity contribution in [3.05, 3.63) is 52.2 Å². The highest BCUT2D eigenvalue weighted by atomic mass is 35.5. The van der Waals surface area contributed by atoms with Crippen LogP contribution in [0.4, 0.5) is 0 Å². The summed E-state index contributed by atoms with van der Waals surface area (Å²) in [4.78, 5) is 30.4. The molecule has 0 aliphatic carbocycles. The van der Waals surface area contributed by atoms with E-state index in [1.54, 1.807) is 23.3 Å². The number of likely N-dealkylation sites (tertiary alicyclic amines) is 1. The summed E-state index contributed by atoms with van der Waals surface area (Å²) >= 11 is 11.9. The lowest BCUT2D eigenvalue weighted by atomic mass is 9.95. The molecule has 2 amide bonds.